The molecular weight excluding hydrogens is 392 g/mol. The number of nitrogens with zero attached hydrogens (tertiary/aromatic N) is 3. The number of nitrogens with one attached hydrogen (secondary N) is 1. The lowest BCUT2D eigenvalue weighted by Crippen LogP contribution is -2.43. The van der Waals surface area contributed by atoms with Crippen molar-refractivity contribution in [3.8, 4) is 0 Å². The Morgan fingerprint density at radius 3 is 2.44 bits per heavy atom. The van der Waals surface area contributed by atoms with Crippen LogP contribution in [0.25, 0.3) is 0 Å². The van der Waals surface area contributed by atoms with Gasteiger partial charge in [0.1, 0.15) is 0 Å². The summed E-state index contributed by atoms with van der Waals surface area (Å²) in [5.74, 6) is 0.369. The van der Waals surface area contributed by atoms with Gasteiger partial charge in [-0.3, -0.25) is 14.9 Å². The molecule has 3 heterocycles. The molecular formula is C28H36N4. The Morgan fingerprint density at radius 2 is 1.72 bits per heavy atom. The highest BCUT2D eigenvalue weighted by Gasteiger charge is 2.25. The summed E-state index contributed by atoms with van der Waals surface area (Å²) < 4.78 is 0. The van der Waals surface area contributed by atoms with E-state index >= 15 is 0 Å². The van der Waals surface area contributed by atoms with Crippen molar-refractivity contribution in [1.82, 2.24) is 20.2 Å². The van der Waals surface area contributed by atoms with Gasteiger partial charge in [0, 0.05) is 37.4 Å². The second kappa shape index (κ2) is 10.8. The molecule has 1 fully saturated rings. The van der Waals surface area contributed by atoms with Crippen LogP contribution in [0.15, 0.2) is 60.9 Å². The average Bonchev–Trinajstić information content (AvgIpc) is 2.83. The number of piperidine rings is 1. The molecule has 0 radical (unpaired) electrons. The van der Waals surface area contributed by atoms with Crippen LogP contribution in [0.4, 0.5) is 0 Å². The largest absolute Gasteiger partial charge is 0.317 e. The molecule has 0 saturated carbocycles. The van der Waals surface area contributed by atoms with Crippen LogP contribution >= 0.6 is 0 Å². The van der Waals surface area contributed by atoms with Crippen molar-refractivity contribution in [3.63, 3.8) is 0 Å². The van der Waals surface area contributed by atoms with Gasteiger partial charge in [-0.2, -0.15) is 0 Å². The summed E-state index contributed by atoms with van der Waals surface area (Å²) in [4.78, 5) is 12.3. The highest BCUT2D eigenvalue weighted by molar-refractivity contribution is 5.35. The first-order chi connectivity index (χ1) is 15.7. The lowest BCUT2D eigenvalue weighted by Gasteiger charge is -2.35. The van der Waals surface area contributed by atoms with E-state index in [1.165, 1.54) is 46.5 Å². The summed E-state index contributed by atoms with van der Waals surface area (Å²) >= 11 is 0. The Bertz CT molecular complexity index is 995. The molecule has 1 aromatic carbocycles. The molecule has 1 N–H and O–H groups in total. The summed E-state index contributed by atoms with van der Waals surface area (Å²) in [5.41, 5.74) is 7.61. The number of pyridine rings is 2. The van der Waals surface area contributed by atoms with E-state index in [4.69, 9.17) is 9.97 Å². The van der Waals surface area contributed by atoms with Crippen LogP contribution in [-0.2, 0) is 13.1 Å². The molecule has 3 aromatic rings. The summed E-state index contributed by atoms with van der Waals surface area (Å²) in [6, 6.07) is 18.0. The van der Waals surface area contributed by atoms with Gasteiger partial charge in [-0.15, -0.1) is 0 Å². The van der Waals surface area contributed by atoms with E-state index in [1.54, 1.807) is 0 Å². The maximum atomic E-state index is 4.91. The molecule has 4 heteroatoms. The van der Waals surface area contributed by atoms with Crippen molar-refractivity contribution in [2.24, 2.45) is 0 Å². The zero-order chi connectivity index (χ0) is 22.3. The summed E-state index contributed by atoms with van der Waals surface area (Å²) in [5, 5.41) is 3.52. The maximum absolute atomic E-state index is 4.91. The molecule has 0 spiro atoms. The Balaban J connectivity index is 1.65. The zero-order valence-corrected chi connectivity index (χ0v) is 19.7. The Labute approximate surface area is 193 Å². The number of hydrogen-bond acceptors (Lipinski definition) is 4. The van der Waals surface area contributed by atoms with E-state index in [-0.39, 0.29) is 0 Å². The minimum absolute atomic E-state index is 0.369. The molecule has 1 atom stereocenters. The number of hydrogen-bond donors (Lipinski definition) is 1. The van der Waals surface area contributed by atoms with Crippen molar-refractivity contribution < 1.29 is 0 Å². The highest BCUT2D eigenvalue weighted by Crippen LogP contribution is 2.31. The molecule has 0 amide bonds. The van der Waals surface area contributed by atoms with Crippen LogP contribution in [0.2, 0.25) is 0 Å². The van der Waals surface area contributed by atoms with Crippen LogP contribution in [0.3, 0.4) is 0 Å². The lowest BCUT2D eigenvalue weighted by molar-refractivity contribution is 0.141. The zero-order valence-electron chi connectivity index (χ0n) is 19.7. The smallest absolute Gasteiger partial charge is 0.0582 e. The van der Waals surface area contributed by atoms with Crippen LogP contribution in [0, 0.1) is 13.8 Å². The topological polar surface area (TPSA) is 41.1 Å². The molecule has 1 aliphatic rings. The van der Waals surface area contributed by atoms with E-state index in [0.29, 0.717) is 12.0 Å². The highest BCUT2D eigenvalue weighted by atomic mass is 15.2. The van der Waals surface area contributed by atoms with Crippen LogP contribution in [-0.4, -0.2) is 34.0 Å². The monoisotopic (exact) mass is 428 g/mol. The van der Waals surface area contributed by atoms with Crippen LogP contribution in [0.5, 0.6) is 0 Å². The minimum atomic E-state index is 0.369. The first-order valence-corrected chi connectivity index (χ1v) is 12.0. The second-order valence-electron chi connectivity index (χ2n) is 9.07. The molecule has 1 unspecified atom stereocenters. The third-order valence-electron chi connectivity index (χ3n) is 6.77. The Kier molecular flexibility index (Phi) is 7.67. The predicted molar refractivity (Wildman–Crippen MR) is 132 cm³/mol. The van der Waals surface area contributed by atoms with Gasteiger partial charge in [0.15, 0.2) is 0 Å². The summed E-state index contributed by atoms with van der Waals surface area (Å²) in [6.07, 6.45) is 7.35. The Morgan fingerprint density at radius 1 is 0.969 bits per heavy atom. The van der Waals surface area contributed by atoms with E-state index < -0.39 is 0 Å². The van der Waals surface area contributed by atoms with Gasteiger partial charge < -0.3 is 5.32 Å². The van der Waals surface area contributed by atoms with Crippen LogP contribution < -0.4 is 5.32 Å². The van der Waals surface area contributed by atoms with Gasteiger partial charge >= 0.3 is 0 Å². The van der Waals surface area contributed by atoms with Gasteiger partial charge in [0.05, 0.1) is 11.4 Å². The van der Waals surface area contributed by atoms with E-state index in [9.17, 15) is 0 Å². The molecule has 0 bridgehead atoms. The molecule has 1 aliphatic heterocycles. The van der Waals surface area contributed by atoms with Crippen molar-refractivity contribution in [2.75, 3.05) is 13.1 Å². The summed E-state index contributed by atoms with van der Waals surface area (Å²) in [7, 11) is 0. The molecule has 168 valence electrons. The summed E-state index contributed by atoms with van der Waals surface area (Å²) in [6.45, 7) is 10.5. The molecule has 0 aliphatic carbocycles. The van der Waals surface area contributed by atoms with Crippen molar-refractivity contribution in [3.05, 3.63) is 94.6 Å². The van der Waals surface area contributed by atoms with E-state index in [2.05, 4.69) is 79.5 Å². The normalized spacial score (nSPS) is 15.8. The fraction of sp³-hybridized carbons (Fsp3) is 0.429. The van der Waals surface area contributed by atoms with E-state index in [0.717, 1.165) is 32.6 Å². The third-order valence-corrected chi connectivity index (χ3v) is 6.77. The lowest BCUT2D eigenvalue weighted by atomic mass is 9.88. The van der Waals surface area contributed by atoms with Gasteiger partial charge in [-0.1, -0.05) is 49.4 Å². The standard InChI is InChI=1S/C28H36N4/c1-4-25(23-9-6-5-7-10-23)26-11-8-14-30-28(26)20-32(24-12-15-29-16-13-24)19-27-22(3)17-21(2)18-31-27/h5-11,14,17-18,24-25,29H,4,12-13,15-16,19-20H2,1-3H3. The van der Waals surface area contributed by atoms with Gasteiger partial charge in [0.25, 0.3) is 0 Å². The van der Waals surface area contributed by atoms with Crippen molar-refractivity contribution in [1.29, 1.82) is 0 Å². The van der Waals surface area contributed by atoms with Crippen molar-refractivity contribution >= 4 is 0 Å². The molecule has 32 heavy (non-hydrogen) atoms. The van der Waals surface area contributed by atoms with Gasteiger partial charge in [0.2, 0.25) is 0 Å². The van der Waals surface area contributed by atoms with Crippen LogP contribution in [0.1, 0.15) is 65.7 Å². The number of aromatic nitrogens is 2. The second-order valence-corrected chi connectivity index (χ2v) is 9.07. The van der Waals surface area contributed by atoms with Gasteiger partial charge in [-0.05, 0) is 74.5 Å². The molecule has 2 aromatic heterocycles. The predicted octanol–water partition coefficient (Wildman–Crippen LogP) is 5.39. The average molecular weight is 429 g/mol. The minimum Gasteiger partial charge on any atom is -0.317 e. The third kappa shape index (κ3) is 5.43. The fourth-order valence-electron chi connectivity index (χ4n) is 5.00. The van der Waals surface area contributed by atoms with Crippen molar-refractivity contribution in [2.45, 2.75) is 65.1 Å². The quantitative estimate of drug-likeness (QED) is 0.522. The SMILES string of the molecule is CCC(c1ccccc1)c1cccnc1CN(Cc1ncc(C)cc1C)C1CCNCC1. The Hall–Kier alpha value is -2.56. The fourth-order valence-corrected chi connectivity index (χ4v) is 5.00. The van der Waals surface area contributed by atoms with Gasteiger partial charge in [-0.25, -0.2) is 0 Å². The maximum Gasteiger partial charge on any atom is 0.0582 e. The molecule has 4 nitrogen and oxygen atoms in total. The first-order valence-electron chi connectivity index (χ1n) is 12.0. The number of rotatable bonds is 8. The first kappa shape index (κ1) is 22.6. The molecule has 4 rings (SSSR count). The number of aryl methyl sites for hydroxylation is 2. The molecule has 1 saturated heterocycles. The van der Waals surface area contributed by atoms with E-state index in [1.807, 2.05) is 12.4 Å². The number of benzene rings is 1.